The molecule has 3 aromatic carbocycles. The number of ketones is 5. The van der Waals surface area contributed by atoms with Gasteiger partial charge in [0.15, 0.2) is 28.9 Å². The number of carbonyl (C=O) groups is 10. The summed E-state index contributed by atoms with van der Waals surface area (Å²) in [6.07, 6.45) is 7.93. The minimum atomic E-state index is -1.35. The van der Waals surface area contributed by atoms with Gasteiger partial charge in [-0.3, -0.25) is 59.6 Å². The maximum atomic E-state index is 15.0. The predicted molar refractivity (Wildman–Crippen MR) is 375 cm³/mol. The molecule has 0 fully saturated rings. The molecule has 25 heteroatoms. The molecule has 540 valence electrons. The van der Waals surface area contributed by atoms with Crippen molar-refractivity contribution >= 4 is 87.1 Å². The SMILES string of the molecule is CSCC[C@H](NC(=O)[C@@H](CC(=O)[C@@H](NC(=O)[C@@H](CC(=O)[C@H](Cc1ccccc1)NC(=O)[C@H](CCC[NH+]=C(N)N)CC(=O)[C@@H]([NH3+])CCCC[NH3+])Cc1ccc(O)cc1)C(C)C)C(C)C)C(=O)C[C@@H](Cc1c[nH]c2ccccc12)C(=O)N[C@@H](CCCC[NH3+])C(=O)C[C@H](CCCC[NH3+])C(=O)[O-]. The molecule has 0 aliphatic heterocycles. The Morgan fingerprint density at radius 2 is 1.04 bits per heavy atom. The summed E-state index contributed by atoms with van der Waals surface area (Å²) in [6, 6.07) is 17.7. The number of nitrogens with two attached hydrogens (primary N) is 2. The Kier molecular flexibility index (Phi) is 37.3. The fourth-order valence-corrected chi connectivity index (χ4v) is 12.7. The molecule has 0 unspecified atom stereocenters. The zero-order valence-electron chi connectivity index (χ0n) is 58.5. The van der Waals surface area contributed by atoms with E-state index in [2.05, 4.69) is 54.2 Å². The monoisotopic (exact) mass is 1380 g/mol. The van der Waals surface area contributed by atoms with E-state index in [4.69, 9.17) is 11.5 Å². The number of carboxylic acid groups (broad SMARTS) is 1. The third kappa shape index (κ3) is 28.9. The molecule has 4 amide bonds. The lowest BCUT2D eigenvalue weighted by Crippen LogP contribution is -2.78. The number of benzene rings is 3. The largest absolute Gasteiger partial charge is 0.550 e. The summed E-state index contributed by atoms with van der Waals surface area (Å²) in [7, 11) is 0. The molecule has 98 heavy (non-hydrogen) atoms. The molecule has 10 atom stereocenters. The highest BCUT2D eigenvalue weighted by Crippen LogP contribution is 2.27. The third-order valence-electron chi connectivity index (χ3n) is 18.3. The van der Waals surface area contributed by atoms with Crippen molar-refractivity contribution in [2.45, 2.75) is 186 Å². The van der Waals surface area contributed by atoms with Crippen molar-refractivity contribution in [1.29, 1.82) is 0 Å². The number of quaternary nitrogens is 4. The normalized spacial score (nSPS) is 14.6. The van der Waals surface area contributed by atoms with Crippen molar-refractivity contribution in [1.82, 2.24) is 26.3 Å². The number of nitrogens with one attached hydrogen (secondary N) is 6. The number of carbonyl (C=O) groups excluding carboxylic acids is 10. The number of carboxylic acids is 1. The molecule has 0 aliphatic carbocycles. The van der Waals surface area contributed by atoms with E-state index in [1.807, 2.05) is 48.7 Å². The minimum Gasteiger partial charge on any atom is -0.550 e. The molecule has 0 aliphatic rings. The number of rotatable bonds is 51. The molecule has 4 rings (SSSR count). The number of amides is 4. The van der Waals surface area contributed by atoms with Crippen LogP contribution in [0.1, 0.15) is 154 Å². The average molecular weight is 1380 g/mol. The Morgan fingerprint density at radius 3 is 1.64 bits per heavy atom. The Balaban J connectivity index is 1.64. The van der Waals surface area contributed by atoms with E-state index < -0.39 is 131 Å². The predicted octanol–water partition coefficient (Wildman–Crippen LogP) is -0.486. The summed E-state index contributed by atoms with van der Waals surface area (Å²) < 4.78 is 0. The first-order chi connectivity index (χ1) is 46.8. The van der Waals surface area contributed by atoms with Gasteiger partial charge in [-0.05, 0) is 149 Å². The second kappa shape index (κ2) is 44.2. The van der Waals surface area contributed by atoms with Crippen LogP contribution in [-0.4, -0.2) is 143 Å². The molecule has 1 aromatic heterocycles. The van der Waals surface area contributed by atoms with Crippen LogP contribution in [0, 0.1) is 41.4 Å². The Morgan fingerprint density at radius 1 is 0.531 bits per heavy atom. The Labute approximate surface area is 581 Å². The smallest absolute Gasteiger partial charge is 0.338 e. The molecular formula is C73H114N12O12S+4. The van der Waals surface area contributed by atoms with Gasteiger partial charge in [0.1, 0.15) is 11.8 Å². The van der Waals surface area contributed by atoms with Crippen molar-refractivity contribution in [2.75, 3.05) is 38.2 Å². The summed E-state index contributed by atoms with van der Waals surface area (Å²) in [4.78, 5) is 150. The lowest BCUT2D eigenvalue weighted by molar-refractivity contribution is -0.459. The molecule has 24 nitrogen and oxygen atoms in total. The molecule has 0 bridgehead atoms. The Bertz CT molecular complexity index is 3210. The van der Waals surface area contributed by atoms with Crippen LogP contribution in [0.15, 0.2) is 85.1 Å². The standard InChI is InChI=1S/C73H110N12O12S/c1-45(2)56(71(95)83-60(30-35-98-5)64(89)42-52(38-53-44-81-58-24-10-9-22-55(53)58)69(93)82-59(25-13-16-33-76)63(88)40-50(72(96)97)20-11-14-31-74)43-66(91)67(46(3)4)85-70(94)51(36-48-26-28-54(86)29-27-48)41-65(90)61(37-47-18-7-6-8-19-47)84-68(92)49(21-17-34-80-73(78)79)39-62(87)57(77)23-12-15-32-75/h6-10,18-19,22,24,26-29,44-46,49-52,56-57,59-61,67,81,86H,11-17,20-21,23,25,30-43,74-77H2,1-5H3,(H,82,93)(H,83,95)(H,84,92)(H,85,94)(H,96,97)(H4,78,79,80)/p+4/t49-,50+,51-,52-,56+,57+,59+,60+,61+,67+/m1/s1. The number of phenols is 1. The summed E-state index contributed by atoms with van der Waals surface area (Å²) in [5.41, 5.74) is 29.9. The number of aromatic amines is 1. The number of phenolic OH excluding ortho intramolecular Hbond substituents is 1. The number of aromatic hydroxyl groups is 1. The van der Waals surface area contributed by atoms with Crippen LogP contribution in [0.5, 0.6) is 5.75 Å². The summed E-state index contributed by atoms with van der Waals surface area (Å²) in [5.74, 6) is -11.4. The molecule has 0 saturated carbocycles. The first kappa shape index (κ1) is 82.6. The van der Waals surface area contributed by atoms with Gasteiger partial charge in [-0.15, -0.1) is 0 Å². The van der Waals surface area contributed by atoms with Crippen molar-refractivity contribution in [3.8, 4) is 5.75 Å². The fraction of sp³-hybridized carbons (Fsp3) is 0.575. The van der Waals surface area contributed by atoms with Crippen LogP contribution in [0.25, 0.3) is 10.9 Å². The van der Waals surface area contributed by atoms with Gasteiger partial charge in [-0.25, -0.2) is 0 Å². The number of Topliss-reactive ketones (excluding diaryl/α,β-unsaturated/α-hetero) is 5. The molecule has 0 saturated heterocycles. The van der Waals surface area contributed by atoms with Crippen molar-refractivity contribution < 1.29 is 86.1 Å². The number of para-hydroxylation sites is 1. The zero-order chi connectivity index (χ0) is 72.3. The van der Waals surface area contributed by atoms with Crippen molar-refractivity contribution in [2.24, 2.45) is 52.9 Å². The van der Waals surface area contributed by atoms with Crippen LogP contribution in [0.3, 0.4) is 0 Å². The Hall–Kier alpha value is -7.84. The first-order valence-electron chi connectivity index (χ1n) is 35.0. The van der Waals surface area contributed by atoms with Crippen molar-refractivity contribution in [3.63, 3.8) is 0 Å². The highest BCUT2D eigenvalue weighted by atomic mass is 32.2. The number of aliphatic carboxylic acids is 1. The van der Waals surface area contributed by atoms with Crippen LogP contribution < -0.4 is 65.8 Å². The first-order valence-corrected chi connectivity index (χ1v) is 36.4. The fourth-order valence-electron chi connectivity index (χ4n) is 12.3. The third-order valence-corrected chi connectivity index (χ3v) is 18.9. The number of hydrogen-bond donors (Lipinski definition) is 13. The number of guanidine groups is 1. The molecule has 1 heterocycles. The highest BCUT2D eigenvalue weighted by molar-refractivity contribution is 7.98. The molecule has 0 radical (unpaired) electrons. The van der Waals surface area contributed by atoms with Crippen LogP contribution in [0.2, 0.25) is 0 Å². The average Bonchev–Trinajstić information content (AvgIpc) is 1.58. The number of aromatic nitrogens is 1. The number of fused-ring (bicyclic) bond motifs is 1. The van der Waals surface area contributed by atoms with Gasteiger partial charge in [-0.1, -0.05) is 88.4 Å². The summed E-state index contributed by atoms with van der Waals surface area (Å²) >= 11 is 1.45. The molecule has 4 aromatic rings. The second-order valence-electron chi connectivity index (χ2n) is 26.9. The van der Waals surface area contributed by atoms with E-state index in [1.54, 1.807) is 58.2 Å². The second-order valence-corrected chi connectivity index (χ2v) is 27.9. The molecule has 23 N–H and O–H groups in total. The van der Waals surface area contributed by atoms with Gasteiger partial charge in [0, 0.05) is 91.2 Å². The van der Waals surface area contributed by atoms with Crippen LogP contribution in [-0.2, 0) is 67.2 Å². The molecule has 0 spiro atoms. The van der Waals surface area contributed by atoms with Crippen LogP contribution >= 0.6 is 11.8 Å². The van der Waals surface area contributed by atoms with Gasteiger partial charge >= 0.3 is 5.96 Å². The number of unbranched alkanes of at least 4 members (excludes halogenated alkanes) is 3. The van der Waals surface area contributed by atoms with E-state index in [1.165, 1.54) is 23.9 Å². The maximum Gasteiger partial charge on any atom is 0.338 e. The maximum absolute atomic E-state index is 15.0. The van der Waals surface area contributed by atoms with E-state index in [-0.39, 0.29) is 88.1 Å². The summed E-state index contributed by atoms with van der Waals surface area (Å²) in [6.45, 7) is 9.26. The van der Waals surface area contributed by atoms with Gasteiger partial charge < -0.3 is 64.2 Å². The quantitative estimate of drug-likeness (QED) is 0.0151. The number of hydrogen-bond acceptors (Lipinski definition) is 13. The van der Waals surface area contributed by atoms with Crippen molar-refractivity contribution in [3.05, 3.63) is 102 Å². The minimum absolute atomic E-state index is 0.00279. The van der Waals surface area contributed by atoms with Gasteiger partial charge in [0.25, 0.3) is 0 Å². The van der Waals surface area contributed by atoms with E-state index in [0.717, 1.165) is 34.9 Å². The van der Waals surface area contributed by atoms with Gasteiger partial charge in [-0.2, -0.15) is 11.8 Å². The number of H-pyrrole nitrogens is 1. The van der Waals surface area contributed by atoms with Crippen LogP contribution in [0.4, 0.5) is 0 Å². The lowest BCUT2D eigenvalue weighted by atomic mass is 9.84. The highest BCUT2D eigenvalue weighted by Gasteiger charge is 2.38. The van der Waals surface area contributed by atoms with E-state index >= 15 is 0 Å². The van der Waals surface area contributed by atoms with Gasteiger partial charge in [0.2, 0.25) is 23.6 Å². The van der Waals surface area contributed by atoms with Gasteiger partial charge in [0.05, 0.1) is 50.3 Å². The topological polar surface area (TPSA) is 454 Å². The lowest BCUT2D eigenvalue weighted by Gasteiger charge is -2.29. The molecular weight excluding hydrogens is 1270 g/mol. The summed E-state index contributed by atoms with van der Waals surface area (Å²) in [5, 5.41) is 35.1. The number of thioether (sulfide) groups is 1. The van der Waals surface area contributed by atoms with E-state index in [0.29, 0.717) is 76.0 Å². The van der Waals surface area contributed by atoms with E-state index in [9.17, 15) is 58.2 Å². The zero-order valence-corrected chi connectivity index (χ0v) is 59.3.